The monoisotopic (exact) mass is 521 g/mol. The van der Waals surface area contributed by atoms with E-state index in [4.69, 9.17) is 0 Å². The van der Waals surface area contributed by atoms with Gasteiger partial charge < -0.3 is 0 Å². The Hall–Kier alpha value is 0.899. The summed E-state index contributed by atoms with van der Waals surface area (Å²) in [4.78, 5) is 12.2. The van der Waals surface area contributed by atoms with Crippen LogP contribution in [0.15, 0.2) is 0 Å². The summed E-state index contributed by atoms with van der Waals surface area (Å²) in [7, 11) is -1.32. The third-order valence-electron chi connectivity index (χ3n) is 6.09. The van der Waals surface area contributed by atoms with Gasteiger partial charge in [-0.1, -0.05) is 97.8 Å². The van der Waals surface area contributed by atoms with Crippen LogP contribution in [0.4, 0.5) is 0 Å². The van der Waals surface area contributed by atoms with E-state index < -0.39 is 7.26 Å². The molecule has 0 saturated carbocycles. The summed E-state index contributed by atoms with van der Waals surface area (Å²) in [5.74, 6) is 0. The molecule has 3 heteroatoms. The summed E-state index contributed by atoms with van der Waals surface area (Å²) in [5.41, 5.74) is 0. The van der Waals surface area contributed by atoms with Crippen molar-refractivity contribution >= 4 is 37.2 Å². The van der Waals surface area contributed by atoms with Crippen LogP contribution in [0.3, 0.4) is 0 Å². The summed E-state index contributed by atoms with van der Waals surface area (Å²) in [6, 6.07) is 1.48. The van der Waals surface area contributed by atoms with Gasteiger partial charge in [-0.15, -0.1) is 0 Å². The second-order valence-electron chi connectivity index (χ2n) is 8.80. The van der Waals surface area contributed by atoms with Gasteiger partial charge in [0, 0.05) is 0 Å². The minimum absolute atomic E-state index is 0. The van der Waals surface area contributed by atoms with Gasteiger partial charge in [0.1, 0.15) is 0 Å². The van der Waals surface area contributed by atoms with Crippen LogP contribution in [0.25, 0.3) is 0 Å². The molecule has 0 saturated heterocycles. The molecule has 28 heavy (non-hydrogen) atoms. The van der Waals surface area contributed by atoms with Gasteiger partial charge in [0.2, 0.25) is 0 Å². The fourth-order valence-electron chi connectivity index (χ4n) is 4.11. The van der Waals surface area contributed by atoms with Crippen molar-refractivity contribution in [2.75, 3.05) is 18.5 Å². The van der Waals surface area contributed by atoms with E-state index in [-0.39, 0.29) is 23.9 Å². The van der Waals surface area contributed by atoms with Crippen molar-refractivity contribution in [1.82, 2.24) is 0 Å². The second kappa shape index (κ2) is 24.2. The van der Waals surface area contributed by atoms with E-state index in [1.165, 1.54) is 140 Å². The quantitative estimate of drug-likeness (QED) is 0.0607. The van der Waals surface area contributed by atoms with Crippen LogP contribution in [0, 0.1) is 0 Å². The molecule has 0 aromatic rings. The molecule has 0 N–H and O–H groups in total. The zero-order chi connectivity index (χ0) is 20.1. The van der Waals surface area contributed by atoms with Gasteiger partial charge in [0.05, 0.1) is 25.7 Å². The first-order chi connectivity index (χ1) is 13.2. The number of rotatable bonds is 22. The van der Waals surface area contributed by atoms with E-state index >= 15 is 0 Å². The number of unbranched alkanes of at least 4 members (excludes halogenated alkanes) is 15. The fourth-order valence-corrected chi connectivity index (χ4v) is 7.66. The molecule has 0 heterocycles. The summed E-state index contributed by atoms with van der Waals surface area (Å²) in [5, 5.41) is 0. The Morgan fingerprint density at radius 2 is 0.714 bits per heavy atom. The van der Waals surface area contributed by atoms with Gasteiger partial charge in [-0.25, -0.2) is 0 Å². The van der Waals surface area contributed by atoms with Gasteiger partial charge in [-0.2, -0.15) is 0 Å². The molecule has 0 atom stereocenters. The predicted molar refractivity (Wildman–Crippen MR) is 137 cm³/mol. The Morgan fingerprint density at radius 1 is 0.464 bits per heavy atom. The van der Waals surface area contributed by atoms with Gasteiger partial charge in [0.25, 0.3) is 6.03 Å². The minimum atomic E-state index is -1.32. The van der Waals surface area contributed by atoms with E-state index in [0.717, 1.165) is 0 Å². The molecule has 0 aliphatic heterocycles. The number of hydrogen-bond donors (Lipinski definition) is 0. The SMILES string of the molecule is CCCCCCCC[P+](C=O)(CCCCCCCC)CCCCCCCC.[SnH2]. The standard InChI is InChI=1S/C25H52OP.Sn.2H/c1-4-7-10-13-16-19-22-27(25-26,23-20-17-14-11-8-5-2)24-21-18-15-12-9-6-3;;;/h25H,4-24H2,1-3H3;;;/q+1;;;. The molecule has 0 aromatic carbocycles. The zero-order valence-electron chi connectivity index (χ0n) is 20.0. The summed E-state index contributed by atoms with van der Waals surface area (Å²) >= 11 is 0. The maximum absolute atomic E-state index is 12.2. The first-order valence-corrected chi connectivity index (χ1v) is 15.0. The average molecular weight is 520 g/mol. The molecule has 0 aromatic heterocycles. The van der Waals surface area contributed by atoms with Crippen molar-refractivity contribution in [2.24, 2.45) is 0 Å². The Labute approximate surface area is 196 Å². The van der Waals surface area contributed by atoms with E-state index in [1.807, 2.05) is 0 Å². The first kappa shape index (κ1) is 31.1. The van der Waals surface area contributed by atoms with Crippen LogP contribution in [-0.2, 0) is 4.79 Å². The molecule has 0 rings (SSSR count). The van der Waals surface area contributed by atoms with E-state index in [2.05, 4.69) is 20.8 Å². The Balaban J connectivity index is 0. The number of hydrogen-bond acceptors (Lipinski definition) is 1. The third-order valence-corrected chi connectivity index (χ3v) is 10.2. The number of carbonyl (C=O) groups excluding carboxylic acids is 1. The van der Waals surface area contributed by atoms with E-state index in [0.29, 0.717) is 0 Å². The van der Waals surface area contributed by atoms with Gasteiger partial charge in [-0.3, -0.25) is 4.79 Å². The molecule has 0 spiro atoms. The van der Waals surface area contributed by atoms with Gasteiger partial charge in [0.15, 0.2) is 0 Å². The molecule has 168 valence electrons. The molecule has 2 radical (unpaired) electrons. The summed E-state index contributed by atoms with van der Waals surface area (Å²) in [6.07, 6.45) is 28.1. The van der Waals surface area contributed by atoms with Gasteiger partial charge >= 0.3 is 23.9 Å². The van der Waals surface area contributed by atoms with Crippen molar-refractivity contribution in [2.45, 2.75) is 136 Å². The molecule has 0 unspecified atom stereocenters. The normalized spacial score (nSPS) is 11.4. The van der Waals surface area contributed by atoms with Crippen LogP contribution in [0.1, 0.15) is 136 Å². The number of carbonyl (C=O) groups is 1. The van der Waals surface area contributed by atoms with Gasteiger partial charge in [-0.05, 0) is 38.5 Å². The molecule has 0 bridgehead atoms. The van der Waals surface area contributed by atoms with Crippen LogP contribution >= 0.6 is 7.26 Å². The molecular formula is C25H54OPSn+. The molecule has 0 fully saturated rings. The Bertz CT molecular complexity index is 268. The Morgan fingerprint density at radius 3 is 0.964 bits per heavy atom. The van der Waals surface area contributed by atoms with Crippen molar-refractivity contribution in [1.29, 1.82) is 0 Å². The molecular weight excluding hydrogens is 466 g/mol. The van der Waals surface area contributed by atoms with Crippen LogP contribution in [0.2, 0.25) is 0 Å². The maximum atomic E-state index is 12.2. The average Bonchev–Trinajstić information content (AvgIpc) is 2.69. The van der Waals surface area contributed by atoms with Crippen LogP contribution in [0.5, 0.6) is 0 Å². The van der Waals surface area contributed by atoms with Crippen molar-refractivity contribution in [3.8, 4) is 0 Å². The van der Waals surface area contributed by atoms with E-state index in [9.17, 15) is 4.79 Å². The first-order valence-electron chi connectivity index (χ1n) is 12.6. The Kier molecular flexibility index (Phi) is 26.8. The van der Waals surface area contributed by atoms with E-state index in [1.54, 1.807) is 0 Å². The van der Waals surface area contributed by atoms with Crippen molar-refractivity contribution in [3.05, 3.63) is 0 Å². The summed E-state index contributed by atoms with van der Waals surface area (Å²) in [6.45, 7) is 6.85. The fraction of sp³-hybridized carbons (Fsp3) is 0.960. The third kappa shape index (κ3) is 18.9. The molecule has 0 aliphatic rings. The second-order valence-corrected chi connectivity index (χ2v) is 12.8. The molecule has 1 nitrogen and oxygen atoms in total. The predicted octanol–water partition coefficient (Wildman–Crippen LogP) is 8.36. The summed E-state index contributed by atoms with van der Waals surface area (Å²) < 4.78 is 0. The topological polar surface area (TPSA) is 17.1 Å². The molecule has 0 amide bonds. The van der Waals surface area contributed by atoms with Crippen LogP contribution in [-0.4, -0.2) is 48.4 Å². The zero-order valence-corrected chi connectivity index (χ0v) is 24.9. The van der Waals surface area contributed by atoms with Crippen molar-refractivity contribution in [3.63, 3.8) is 0 Å². The van der Waals surface area contributed by atoms with Crippen molar-refractivity contribution < 1.29 is 4.79 Å². The van der Waals surface area contributed by atoms with Crippen LogP contribution < -0.4 is 0 Å². The molecule has 0 aliphatic carbocycles.